The molecule has 1 aliphatic heterocycles. The molecule has 2 heterocycles. The topological polar surface area (TPSA) is 46.1 Å². The van der Waals surface area contributed by atoms with Gasteiger partial charge in [0.2, 0.25) is 0 Å². The van der Waals surface area contributed by atoms with Crippen LogP contribution in [0.5, 0.6) is 0 Å². The Kier molecular flexibility index (Phi) is 4.29. The van der Waals surface area contributed by atoms with Gasteiger partial charge < -0.3 is 4.90 Å². The maximum atomic E-state index is 11.4. The lowest BCUT2D eigenvalue weighted by Crippen LogP contribution is -2.35. The molecule has 0 saturated carbocycles. The van der Waals surface area contributed by atoms with Gasteiger partial charge in [-0.1, -0.05) is 28.1 Å². The number of ketones is 1. The molecule has 0 radical (unpaired) electrons. The lowest BCUT2D eigenvalue weighted by atomic mass is 10.0. The third-order valence-corrected chi connectivity index (χ3v) is 4.22. The first-order valence-electron chi connectivity index (χ1n) is 7.02. The van der Waals surface area contributed by atoms with E-state index in [0.29, 0.717) is 18.6 Å². The van der Waals surface area contributed by atoms with Crippen molar-refractivity contribution in [2.75, 3.05) is 18.0 Å². The van der Waals surface area contributed by atoms with Gasteiger partial charge in [-0.2, -0.15) is 0 Å². The van der Waals surface area contributed by atoms with Crippen LogP contribution in [0.25, 0.3) is 0 Å². The summed E-state index contributed by atoms with van der Waals surface area (Å²) in [5.41, 5.74) is 2.33. The van der Waals surface area contributed by atoms with Gasteiger partial charge >= 0.3 is 0 Å². The van der Waals surface area contributed by atoms with Crippen molar-refractivity contribution in [2.45, 2.75) is 19.3 Å². The minimum atomic E-state index is 0.342. The molecule has 0 bridgehead atoms. The average Bonchev–Trinajstić information content (AvgIpc) is 2.51. The van der Waals surface area contributed by atoms with E-state index in [-0.39, 0.29) is 0 Å². The van der Waals surface area contributed by atoms with E-state index in [4.69, 9.17) is 0 Å². The molecule has 21 heavy (non-hydrogen) atoms. The normalized spacial score (nSPS) is 15.3. The molecule has 0 atom stereocenters. The molecule has 1 saturated heterocycles. The molecule has 0 N–H and O–H groups in total. The third-order valence-electron chi connectivity index (χ3n) is 3.69. The van der Waals surface area contributed by atoms with Crippen LogP contribution in [0.15, 0.2) is 41.3 Å². The van der Waals surface area contributed by atoms with Gasteiger partial charge in [-0.05, 0) is 17.7 Å². The Labute approximate surface area is 132 Å². The monoisotopic (exact) mass is 345 g/mol. The summed E-state index contributed by atoms with van der Waals surface area (Å²) >= 11 is 3.45. The largest absolute Gasteiger partial charge is 0.355 e. The van der Waals surface area contributed by atoms with Crippen LogP contribution in [0, 0.1) is 0 Å². The average molecular weight is 346 g/mol. The summed E-state index contributed by atoms with van der Waals surface area (Å²) in [5.74, 6) is 1.30. The van der Waals surface area contributed by atoms with Gasteiger partial charge in [0.15, 0.2) is 0 Å². The number of nitrogens with zero attached hydrogens (tertiary/aromatic N) is 3. The Bertz CT molecular complexity index is 632. The van der Waals surface area contributed by atoms with E-state index in [9.17, 15) is 4.79 Å². The van der Waals surface area contributed by atoms with Crippen molar-refractivity contribution in [1.82, 2.24) is 9.97 Å². The summed E-state index contributed by atoms with van der Waals surface area (Å²) in [6.45, 7) is 1.51. The molecule has 0 aliphatic carbocycles. The Morgan fingerprint density at radius 2 is 1.86 bits per heavy atom. The van der Waals surface area contributed by atoms with Gasteiger partial charge in [0.05, 0.1) is 0 Å². The van der Waals surface area contributed by atoms with Gasteiger partial charge in [-0.25, -0.2) is 9.97 Å². The zero-order chi connectivity index (χ0) is 14.7. The van der Waals surface area contributed by atoms with Crippen molar-refractivity contribution >= 4 is 27.5 Å². The summed E-state index contributed by atoms with van der Waals surface area (Å²) in [4.78, 5) is 22.2. The summed E-state index contributed by atoms with van der Waals surface area (Å²) in [7, 11) is 0. The molecule has 1 aromatic heterocycles. The van der Waals surface area contributed by atoms with Crippen LogP contribution in [-0.2, 0) is 11.2 Å². The standard InChI is InChI=1S/C16H16BrN3O/c17-14-3-1-12(2-4-14)9-13-10-18-11-19-16(13)20-7-5-15(21)6-8-20/h1-4,10-11H,5-9H2. The molecular weight excluding hydrogens is 330 g/mol. The van der Waals surface area contributed by atoms with E-state index in [1.54, 1.807) is 6.33 Å². The molecule has 108 valence electrons. The zero-order valence-electron chi connectivity index (χ0n) is 11.6. The number of hydrogen-bond acceptors (Lipinski definition) is 4. The molecule has 1 fully saturated rings. The second-order valence-electron chi connectivity index (χ2n) is 5.20. The molecule has 4 nitrogen and oxygen atoms in total. The first kappa shape index (κ1) is 14.2. The number of carbonyl (C=O) groups is 1. The Morgan fingerprint density at radius 1 is 1.14 bits per heavy atom. The van der Waals surface area contributed by atoms with Crippen molar-refractivity contribution in [1.29, 1.82) is 0 Å². The molecule has 1 aromatic carbocycles. The maximum Gasteiger partial charge on any atom is 0.136 e. The number of Topliss-reactive ketones (excluding diaryl/α,β-unsaturated/α-hetero) is 1. The van der Waals surface area contributed by atoms with E-state index in [0.717, 1.165) is 35.4 Å². The van der Waals surface area contributed by atoms with Gasteiger partial charge in [-0.15, -0.1) is 0 Å². The van der Waals surface area contributed by atoms with Crippen LogP contribution in [0.1, 0.15) is 24.0 Å². The second-order valence-corrected chi connectivity index (χ2v) is 6.12. The predicted molar refractivity (Wildman–Crippen MR) is 85.4 cm³/mol. The quantitative estimate of drug-likeness (QED) is 0.857. The maximum absolute atomic E-state index is 11.4. The summed E-state index contributed by atoms with van der Waals surface area (Å²) in [5, 5.41) is 0. The highest BCUT2D eigenvalue weighted by atomic mass is 79.9. The Balaban J connectivity index is 1.82. The van der Waals surface area contributed by atoms with Crippen LogP contribution >= 0.6 is 15.9 Å². The Hall–Kier alpha value is -1.75. The number of carbonyl (C=O) groups excluding carboxylic acids is 1. The summed E-state index contributed by atoms with van der Waals surface area (Å²) in [6, 6.07) is 8.28. The number of piperidine rings is 1. The number of hydrogen-bond donors (Lipinski definition) is 0. The summed E-state index contributed by atoms with van der Waals surface area (Å²) < 4.78 is 1.07. The van der Waals surface area contributed by atoms with Crippen LogP contribution in [0.3, 0.4) is 0 Å². The number of halogens is 1. The first-order valence-corrected chi connectivity index (χ1v) is 7.81. The van der Waals surface area contributed by atoms with E-state index >= 15 is 0 Å². The molecule has 1 aliphatic rings. The fourth-order valence-corrected chi connectivity index (χ4v) is 2.82. The van der Waals surface area contributed by atoms with E-state index in [2.05, 4.69) is 42.9 Å². The minimum absolute atomic E-state index is 0.342. The fraction of sp³-hybridized carbons (Fsp3) is 0.312. The number of benzene rings is 1. The number of anilines is 1. The molecule has 0 amide bonds. The lowest BCUT2D eigenvalue weighted by Gasteiger charge is -2.28. The van der Waals surface area contributed by atoms with Gasteiger partial charge in [0.25, 0.3) is 0 Å². The molecular formula is C16H16BrN3O. The highest BCUT2D eigenvalue weighted by Crippen LogP contribution is 2.23. The van der Waals surface area contributed by atoms with Crippen molar-refractivity contribution < 1.29 is 4.79 Å². The number of rotatable bonds is 3. The van der Waals surface area contributed by atoms with Crippen LogP contribution in [0.4, 0.5) is 5.82 Å². The second kappa shape index (κ2) is 6.35. The van der Waals surface area contributed by atoms with Crippen LogP contribution in [0.2, 0.25) is 0 Å². The minimum Gasteiger partial charge on any atom is -0.355 e. The van der Waals surface area contributed by atoms with Crippen molar-refractivity contribution in [2.24, 2.45) is 0 Å². The van der Waals surface area contributed by atoms with Gasteiger partial charge in [0.1, 0.15) is 17.9 Å². The Morgan fingerprint density at radius 3 is 2.57 bits per heavy atom. The molecule has 3 rings (SSSR count). The summed E-state index contributed by atoms with van der Waals surface area (Å²) in [6.07, 6.45) is 5.48. The first-order chi connectivity index (χ1) is 10.2. The van der Waals surface area contributed by atoms with Crippen LogP contribution in [-0.4, -0.2) is 28.8 Å². The third kappa shape index (κ3) is 3.47. The van der Waals surface area contributed by atoms with Crippen LogP contribution < -0.4 is 4.90 Å². The van der Waals surface area contributed by atoms with E-state index in [1.807, 2.05) is 18.3 Å². The smallest absolute Gasteiger partial charge is 0.136 e. The molecule has 5 heteroatoms. The van der Waals surface area contributed by atoms with E-state index < -0.39 is 0 Å². The number of aromatic nitrogens is 2. The van der Waals surface area contributed by atoms with Gasteiger partial charge in [-0.3, -0.25) is 4.79 Å². The van der Waals surface area contributed by atoms with E-state index in [1.165, 1.54) is 5.56 Å². The highest BCUT2D eigenvalue weighted by Gasteiger charge is 2.19. The zero-order valence-corrected chi connectivity index (χ0v) is 13.2. The fourth-order valence-electron chi connectivity index (χ4n) is 2.55. The SMILES string of the molecule is O=C1CCN(c2ncncc2Cc2ccc(Br)cc2)CC1. The predicted octanol–water partition coefficient (Wildman–Crippen LogP) is 3.00. The molecule has 0 unspecified atom stereocenters. The van der Waals surface area contributed by atoms with Gasteiger partial charge in [0, 0.05) is 48.6 Å². The van der Waals surface area contributed by atoms with Crippen molar-refractivity contribution in [3.05, 3.63) is 52.4 Å². The molecule has 0 spiro atoms. The van der Waals surface area contributed by atoms with Crippen molar-refractivity contribution in [3.63, 3.8) is 0 Å². The highest BCUT2D eigenvalue weighted by molar-refractivity contribution is 9.10. The molecule has 2 aromatic rings. The lowest BCUT2D eigenvalue weighted by molar-refractivity contribution is -0.119. The van der Waals surface area contributed by atoms with Crippen molar-refractivity contribution in [3.8, 4) is 0 Å².